The number of ether oxygens (including phenoxy) is 1. The Labute approximate surface area is 118 Å². The lowest BCUT2D eigenvalue weighted by Crippen LogP contribution is -2.18. The van der Waals surface area contributed by atoms with E-state index in [1.54, 1.807) is 0 Å². The summed E-state index contributed by atoms with van der Waals surface area (Å²) in [6.45, 7) is 1.31. The number of H-pyrrole nitrogens is 1. The third-order valence-corrected chi connectivity index (χ3v) is 3.46. The molecule has 0 unspecified atom stereocenters. The number of hydrogen-bond donors (Lipinski definition) is 2. The SMILES string of the molecule is Fc1cc2nc(-c3cccc4c3OCCN4)[nH]c2cc1F. The normalized spacial score (nSPS) is 13.6. The Hall–Kier alpha value is -2.63. The molecule has 2 heterocycles. The minimum Gasteiger partial charge on any atom is -0.489 e. The maximum Gasteiger partial charge on any atom is 0.161 e. The van der Waals surface area contributed by atoms with Gasteiger partial charge in [-0.05, 0) is 12.1 Å². The summed E-state index contributed by atoms with van der Waals surface area (Å²) < 4.78 is 32.2. The Morgan fingerprint density at radius 2 is 2.00 bits per heavy atom. The van der Waals surface area contributed by atoms with Gasteiger partial charge in [0.05, 0.1) is 22.3 Å². The quantitative estimate of drug-likeness (QED) is 0.722. The maximum absolute atomic E-state index is 13.3. The van der Waals surface area contributed by atoms with Crippen molar-refractivity contribution in [2.75, 3.05) is 18.5 Å². The van der Waals surface area contributed by atoms with Crippen LogP contribution >= 0.6 is 0 Å². The number of nitrogens with zero attached hydrogens (tertiary/aromatic N) is 1. The van der Waals surface area contributed by atoms with E-state index in [-0.39, 0.29) is 0 Å². The lowest BCUT2D eigenvalue weighted by molar-refractivity contribution is 0.324. The predicted molar refractivity (Wildman–Crippen MR) is 75.4 cm³/mol. The van der Waals surface area contributed by atoms with Crippen LogP contribution in [0.3, 0.4) is 0 Å². The predicted octanol–water partition coefficient (Wildman–Crippen LogP) is 3.31. The molecule has 0 aliphatic carbocycles. The zero-order valence-corrected chi connectivity index (χ0v) is 10.9. The van der Waals surface area contributed by atoms with Gasteiger partial charge >= 0.3 is 0 Å². The van der Waals surface area contributed by atoms with E-state index < -0.39 is 11.6 Å². The summed E-state index contributed by atoms with van der Waals surface area (Å²) in [5, 5.41) is 3.24. The van der Waals surface area contributed by atoms with Crippen molar-refractivity contribution in [3.05, 3.63) is 42.0 Å². The van der Waals surface area contributed by atoms with Crippen molar-refractivity contribution in [2.45, 2.75) is 0 Å². The minimum atomic E-state index is -0.909. The summed E-state index contributed by atoms with van der Waals surface area (Å²) in [5.41, 5.74) is 2.48. The number of benzene rings is 2. The Kier molecular flexibility index (Phi) is 2.57. The summed E-state index contributed by atoms with van der Waals surface area (Å²) in [7, 11) is 0. The van der Waals surface area contributed by atoms with E-state index in [4.69, 9.17) is 4.74 Å². The molecule has 0 radical (unpaired) electrons. The van der Waals surface area contributed by atoms with Crippen molar-refractivity contribution in [3.8, 4) is 17.1 Å². The van der Waals surface area contributed by atoms with Gasteiger partial charge < -0.3 is 15.0 Å². The molecule has 3 aromatic rings. The number of anilines is 1. The molecule has 0 saturated carbocycles. The first-order chi connectivity index (χ1) is 10.2. The van der Waals surface area contributed by atoms with Crippen LogP contribution in [0.4, 0.5) is 14.5 Å². The monoisotopic (exact) mass is 287 g/mol. The molecule has 4 nitrogen and oxygen atoms in total. The van der Waals surface area contributed by atoms with Crippen LogP contribution in [0, 0.1) is 11.6 Å². The van der Waals surface area contributed by atoms with Gasteiger partial charge in [-0.3, -0.25) is 0 Å². The number of imidazole rings is 1. The number of aromatic nitrogens is 2. The largest absolute Gasteiger partial charge is 0.489 e. The average Bonchev–Trinajstić information content (AvgIpc) is 2.90. The van der Waals surface area contributed by atoms with Gasteiger partial charge in [0.15, 0.2) is 17.4 Å². The lowest BCUT2D eigenvalue weighted by atomic mass is 10.1. The Balaban J connectivity index is 1.91. The number of aromatic amines is 1. The van der Waals surface area contributed by atoms with Gasteiger partial charge in [-0.2, -0.15) is 0 Å². The van der Waals surface area contributed by atoms with E-state index in [1.165, 1.54) is 0 Å². The molecular formula is C15H11F2N3O. The van der Waals surface area contributed by atoms with Crippen molar-refractivity contribution >= 4 is 16.7 Å². The number of para-hydroxylation sites is 1. The van der Waals surface area contributed by atoms with Crippen LogP contribution in [0.15, 0.2) is 30.3 Å². The molecule has 106 valence electrons. The third kappa shape index (κ3) is 1.91. The summed E-state index contributed by atoms with van der Waals surface area (Å²) in [5.74, 6) is -0.585. The Morgan fingerprint density at radius 3 is 2.90 bits per heavy atom. The third-order valence-electron chi connectivity index (χ3n) is 3.46. The number of rotatable bonds is 1. The van der Waals surface area contributed by atoms with E-state index in [2.05, 4.69) is 15.3 Å². The summed E-state index contributed by atoms with van der Waals surface area (Å²) in [4.78, 5) is 7.33. The standard InChI is InChI=1S/C15H11F2N3O/c16-9-6-12-13(7-10(9)17)20-15(19-12)8-2-1-3-11-14(8)21-5-4-18-11/h1-3,6-7,18H,4-5H2,(H,19,20). The highest BCUT2D eigenvalue weighted by atomic mass is 19.2. The van der Waals surface area contributed by atoms with Crippen molar-refractivity contribution in [3.63, 3.8) is 0 Å². The molecular weight excluding hydrogens is 276 g/mol. The van der Waals surface area contributed by atoms with Gasteiger partial charge in [0.2, 0.25) is 0 Å². The van der Waals surface area contributed by atoms with Crippen molar-refractivity contribution in [1.82, 2.24) is 9.97 Å². The van der Waals surface area contributed by atoms with Gasteiger partial charge in [-0.15, -0.1) is 0 Å². The van der Waals surface area contributed by atoms with Crippen LogP contribution in [0.25, 0.3) is 22.4 Å². The minimum absolute atomic E-state index is 0.380. The van der Waals surface area contributed by atoms with E-state index in [0.717, 1.165) is 29.9 Å². The molecule has 0 saturated heterocycles. The van der Waals surface area contributed by atoms with Gasteiger partial charge in [-0.1, -0.05) is 6.07 Å². The number of hydrogen-bond acceptors (Lipinski definition) is 3. The molecule has 4 rings (SSSR count). The fourth-order valence-corrected chi connectivity index (χ4v) is 2.49. The molecule has 0 bridgehead atoms. The maximum atomic E-state index is 13.3. The zero-order chi connectivity index (χ0) is 14.4. The second-order valence-corrected chi connectivity index (χ2v) is 4.83. The zero-order valence-electron chi connectivity index (χ0n) is 10.9. The first-order valence-electron chi connectivity index (χ1n) is 6.57. The number of fused-ring (bicyclic) bond motifs is 2. The fraction of sp³-hybridized carbons (Fsp3) is 0.133. The number of nitrogens with one attached hydrogen (secondary N) is 2. The summed E-state index contributed by atoms with van der Waals surface area (Å²) in [6.07, 6.45) is 0. The van der Waals surface area contributed by atoms with E-state index >= 15 is 0 Å². The molecule has 1 aliphatic heterocycles. The molecule has 2 aromatic carbocycles. The van der Waals surface area contributed by atoms with E-state index in [0.29, 0.717) is 29.2 Å². The van der Waals surface area contributed by atoms with Crippen LogP contribution < -0.4 is 10.1 Å². The van der Waals surface area contributed by atoms with Gasteiger partial charge in [0, 0.05) is 18.7 Å². The van der Waals surface area contributed by atoms with Crippen LogP contribution in [0.1, 0.15) is 0 Å². The van der Waals surface area contributed by atoms with Gasteiger partial charge in [0.25, 0.3) is 0 Å². The topological polar surface area (TPSA) is 49.9 Å². The molecule has 0 atom stereocenters. The van der Waals surface area contributed by atoms with Gasteiger partial charge in [-0.25, -0.2) is 13.8 Å². The fourth-order valence-electron chi connectivity index (χ4n) is 2.49. The summed E-state index contributed by atoms with van der Waals surface area (Å²) in [6, 6.07) is 7.84. The van der Waals surface area contributed by atoms with E-state index in [9.17, 15) is 8.78 Å². The van der Waals surface area contributed by atoms with Crippen LogP contribution in [-0.2, 0) is 0 Å². The molecule has 21 heavy (non-hydrogen) atoms. The van der Waals surface area contributed by atoms with Gasteiger partial charge in [0.1, 0.15) is 12.4 Å². The number of halogens is 2. The van der Waals surface area contributed by atoms with Crippen molar-refractivity contribution in [2.24, 2.45) is 0 Å². The molecule has 1 aliphatic rings. The first-order valence-corrected chi connectivity index (χ1v) is 6.57. The first kappa shape index (κ1) is 12.1. The highest BCUT2D eigenvalue weighted by molar-refractivity contribution is 5.83. The van der Waals surface area contributed by atoms with Crippen molar-refractivity contribution in [1.29, 1.82) is 0 Å². The molecule has 0 spiro atoms. The molecule has 0 fully saturated rings. The Bertz CT molecular complexity index is 805. The average molecular weight is 287 g/mol. The summed E-state index contributed by atoms with van der Waals surface area (Å²) >= 11 is 0. The second-order valence-electron chi connectivity index (χ2n) is 4.83. The van der Waals surface area contributed by atoms with Crippen LogP contribution in [0.2, 0.25) is 0 Å². The van der Waals surface area contributed by atoms with Crippen LogP contribution in [-0.4, -0.2) is 23.1 Å². The smallest absolute Gasteiger partial charge is 0.161 e. The second kappa shape index (κ2) is 4.44. The Morgan fingerprint density at radius 1 is 1.14 bits per heavy atom. The van der Waals surface area contributed by atoms with Crippen LogP contribution in [0.5, 0.6) is 5.75 Å². The lowest BCUT2D eigenvalue weighted by Gasteiger charge is -2.20. The molecule has 0 amide bonds. The highest BCUT2D eigenvalue weighted by Crippen LogP contribution is 2.37. The highest BCUT2D eigenvalue weighted by Gasteiger charge is 2.18. The molecule has 6 heteroatoms. The van der Waals surface area contributed by atoms with Crippen molar-refractivity contribution < 1.29 is 13.5 Å². The molecule has 2 N–H and O–H groups in total. The molecule has 1 aromatic heterocycles. The van der Waals surface area contributed by atoms with E-state index in [1.807, 2.05) is 18.2 Å².